The molecule has 0 bridgehead atoms. The third-order valence-corrected chi connectivity index (χ3v) is 4.07. The van der Waals surface area contributed by atoms with Crippen LogP contribution >= 0.6 is 0 Å². The first-order valence-corrected chi connectivity index (χ1v) is 7.52. The Morgan fingerprint density at radius 1 is 1.47 bits per heavy atom. The van der Waals surface area contributed by atoms with Crippen molar-refractivity contribution < 1.29 is 0 Å². The minimum Gasteiger partial charge on any atom is -0.311 e. The smallest absolute Gasteiger partial charge is 0.0597 e. The van der Waals surface area contributed by atoms with Gasteiger partial charge < -0.3 is 5.32 Å². The molecule has 2 atom stereocenters. The zero-order chi connectivity index (χ0) is 14.0. The molecule has 2 heterocycles. The predicted octanol–water partition coefficient (Wildman–Crippen LogP) is 2.03. The first-order chi connectivity index (χ1) is 9.01. The Hall–Kier alpha value is -0.870. The number of nitrogens with zero attached hydrogens (tertiary/aromatic N) is 3. The van der Waals surface area contributed by atoms with E-state index in [9.17, 15) is 0 Å². The number of rotatable bonds is 4. The fourth-order valence-electron chi connectivity index (χ4n) is 3.05. The van der Waals surface area contributed by atoms with Crippen LogP contribution in [0, 0.1) is 12.8 Å². The van der Waals surface area contributed by atoms with Crippen molar-refractivity contribution >= 4 is 0 Å². The van der Waals surface area contributed by atoms with E-state index in [4.69, 9.17) is 0 Å². The normalized spacial score (nSPS) is 25.2. The van der Waals surface area contributed by atoms with Crippen molar-refractivity contribution in [1.29, 1.82) is 0 Å². The zero-order valence-corrected chi connectivity index (χ0v) is 13.0. The van der Waals surface area contributed by atoms with Crippen LogP contribution in [-0.2, 0) is 13.1 Å². The number of hydrogen-bond acceptors (Lipinski definition) is 3. The summed E-state index contributed by atoms with van der Waals surface area (Å²) in [5, 5.41) is 8.16. The van der Waals surface area contributed by atoms with Crippen LogP contribution in [0.5, 0.6) is 0 Å². The minimum absolute atomic E-state index is 0.578. The number of aromatic nitrogens is 2. The molecule has 2 unspecified atom stereocenters. The highest BCUT2D eigenvalue weighted by Gasteiger charge is 2.28. The molecule has 0 spiro atoms. The van der Waals surface area contributed by atoms with Crippen LogP contribution in [0.2, 0.25) is 0 Å². The van der Waals surface area contributed by atoms with Gasteiger partial charge in [-0.15, -0.1) is 0 Å². The van der Waals surface area contributed by atoms with Gasteiger partial charge in [-0.25, -0.2) is 0 Å². The van der Waals surface area contributed by atoms with Gasteiger partial charge in [0.05, 0.1) is 11.4 Å². The van der Waals surface area contributed by atoms with Crippen LogP contribution in [0.25, 0.3) is 0 Å². The first kappa shape index (κ1) is 14.5. The summed E-state index contributed by atoms with van der Waals surface area (Å²) in [5.41, 5.74) is 2.47. The Morgan fingerprint density at radius 2 is 2.21 bits per heavy atom. The summed E-state index contributed by atoms with van der Waals surface area (Å²) in [7, 11) is 0. The SMILES string of the molecule is CCn1nc(C)cc1CN1CC(C)NCC1C(C)C. The molecule has 0 radical (unpaired) electrons. The standard InChI is InChI=1S/C15H28N4/c1-6-19-14(7-12(4)17-19)10-18-9-13(5)16-8-15(18)11(2)3/h7,11,13,15-16H,6,8-10H2,1-5H3. The summed E-state index contributed by atoms with van der Waals surface area (Å²) in [5.74, 6) is 0.680. The lowest BCUT2D eigenvalue weighted by atomic mass is 9.98. The molecule has 1 N–H and O–H groups in total. The largest absolute Gasteiger partial charge is 0.311 e. The third kappa shape index (κ3) is 3.37. The number of piperazine rings is 1. The Kier molecular flexibility index (Phi) is 4.63. The quantitative estimate of drug-likeness (QED) is 0.903. The van der Waals surface area contributed by atoms with Gasteiger partial charge in [-0.2, -0.15) is 5.10 Å². The van der Waals surface area contributed by atoms with Gasteiger partial charge in [0.15, 0.2) is 0 Å². The van der Waals surface area contributed by atoms with Crippen molar-refractivity contribution in [3.8, 4) is 0 Å². The summed E-state index contributed by atoms with van der Waals surface area (Å²) in [6.07, 6.45) is 0. The molecule has 2 rings (SSSR count). The molecule has 19 heavy (non-hydrogen) atoms. The van der Waals surface area contributed by atoms with Crippen molar-refractivity contribution in [2.75, 3.05) is 13.1 Å². The molecule has 1 aliphatic rings. The molecule has 1 fully saturated rings. The molecular formula is C15H28N4. The van der Waals surface area contributed by atoms with Crippen LogP contribution in [0.15, 0.2) is 6.07 Å². The lowest BCUT2D eigenvalue weighted by Crippen LogP contribution is -2.56. The minimum atomic E-state index is 0.578. The van der Waals surface area contributed by atoms with Crippen molar-refractivity contribution in [3.05, 3.63) is 17.5 Å². The van der Waals surface area contributed by atoms with E-state index in [2.05, 4.69) is 60.7 Å². The second kappa shape index (κ2) is 6.06. The Labute approximate surface area is 117 Å². The third-order valence-electron chi connectivity index (χ3n) is 4.07. The molecule has 4 heteroatoms. The summed E-state index contributed by atoms with van der Waals surface area (Å²) >= 11 is 0. The predicted molar refractivity (Wildman–Crippen MR) is 79.1 cm³/mol. The van der Waals surface area contributed by atoms with Crippen molar-refractivity contribution in [1.82, 2.24) is 20.0 Å². The van der Waals surface area contributed by atoms with E-state index in [1.165, 1.54) is 5.69 Å². The van der Waals surface area contributed by atoms with Crippen LogP contribution < -0.4 is 5.32 Å². The van der Waals surface area contributed by atoms with Gasteiger partial charge in [0.1, 0.15) is 0 Å². The van der Waals surface area contributed by atoms with Gasteiger partial charge in [-0.1, -0.05) is 13.8 Å². The van der Waals surface area contributed by atoms with Crippen molar-refractivity contribution in [3.63, 3.8) is 0 Å². The molecule has 1 aromatic heterocycles. The summed E-state index contributed by atoms with van der Waals surface area (Å²) in [4.78, 5) is 2.62. The number of nitrogens with one attached hydrogen (secondary N) is 1. The fraction of sp³-hybridized carbons (Fsp3) is 0.800. The van der Waals surface area contributed by atoms with Crippen molar-refractivity contribution in [2.24, 2.45) is 5.92 Å². The highest BCUT2D eigenvalue weighted by molar-refractivity contribution is 5.09. The van der Waals surface area contributed by atoms with Gasteiger partial charge in [0.25, 0.3) is 0 Å². The van der Waals surface area contributed by atoms with Gasteiger partial charge in [-0.3, -0.25) is 9.58 Å². The molecule has 0 aromatic carbocycles. The van der Waals surface area contributed by atoms with E-state index in [0.717, 1.165) is 31.9 Å². The second-order valence-electron chi connectivity index (χ2n) is 6.14. The maximum atomic E-state index is 4.56. The zero-order valence-electron chi connectivity index (χ0n) is 13.0. The fourth-order valence-corrected chi connectivity index (χ4v) is 3.05. The molecule has 1 aliphatic heterocycles. The van der Waals surface area contributed by atoms with Crippen LogP contribution in [0.1, 0.15) is 39.1 Å². The molecule has 108 valence electrons. The molecule has 1 aromatic rings. The van der Waals surface area contributed by atoms with Gasteiger partial charge in [0.2, 0.25) is 0 Å². The van der Waals surface area contributed by atoms with E-state index in [1.54, 1.807) is 0 Å². The van der Waals surface area contributed by atoms with E-state index in [1.807, 2.05) is 0 Å². The van der Waals surface area contributed by atoms with E-state index < -0.39 is 0 Å². The second-order valence-corrected chi connectivity index (χ2v) is 6.14. The average molecular weight is 264 g/mol. The Morgan fingerprint density at radius 3 is 2.84 bits per heavy atom. The lowest BCUT2D eigenvalue weighted by molar-refractivity contribution is 0.0927. The van der Waals surface area contributed by atoms with E-state index >= 15 is 0 Å². The molecule has 0 saturated carbocycles. The van der Waals surface area contributed by atoms with E-state index in [0.29, 0.717) is 18.0 Å². The Bertz CT molecular complexity index is 410. The Balaban J connectivity index is 2.13. The average Bonchev–Trinajstić information content (AvgIpc) is 2.69. The highest BCUT2D eigenvalue weighted by Crippen LogP contribution is 2.18. The van der Waals surface area contributed by atoms with E-state index in [-0.39, 0.29) is 0 Å². The maximum absolute atomic E-state index is 4.56. The maximum Gasteiger partial charge on any atom is 0.0597 e. The molecule has 0 aliphatic carbocycles. The van der Waals surface area contributed by atoms with Crippen LogP contribution in [0.3, 0.4) is 0 Å². The molecule has 4 nitrogen and oxygen atoms in total. The summed E-state index contributed by atoms with van der Waals surface area (Å²) in [6, 6.07) is 3.43. The summed E-state index contributed by atoms with van der Waals surface area (Å²) in [6.45, 7) is 15.3. The lowest BCUT2D eigenvalue weighted by Gasteiger charge is -2.41. The van der Waals surface area contributed by atoms with Crippen molar-refractivity contribution in [2.45, 2.75) is 59.8 Å². The van der Waals surface area contributed by atoms with Gasteiger partial charge >= 0.3 is 0 Å². The molecule has 0 amide bonds. The number of aryl methyl sites for hydroxylation is 2. The monoisotopic (exact) mass is 264 g/mol. The molecular weight excluding hydrogens is 236 g/mol. The van der Waals surface area contributed by atoms with Crippen LogP contribution in [0.4, 0.5) is 0 Å². The molecule has 1 saturated heterocycles. The number of hydrogen-bond donors (Lipinski definition) is 1. The first-order valence-electron chi connectivity index (χ1n) is 7.52. The van der Waals surface area contributed by atoms with Gasteiger partial charge in [-0.05, 0) is 32.8 Å². The topological polar surface area (TPSA) is 33.1 Å². The van der Waals surface area contributed by atoms with Gasteiger partial charge in [0, 0.05) is 38.3 Å². The highest BCUT2D eigenvalue weighted by atomic mass is 15.3. The van der Waals surface area contributed by atoms with Crippen LogP contribution in [-0.4, -0.2) is 39.9 Å². The summed E-state index contributed by atoms with van der Waals surface area (Å²) < 4.78 is 2.14.